The van der Waals surface area contributed by atoms with Crippen LogP contribution in [0, 0.1) is 0 Å². The van der Waals surface area contributed by atoms with Gasteiger partial charge in [-0.05, 0) is 50.2 Å². The summed E-state index contributed by atoms with van der Waals surface area (Å²) >= 11 is 0. The Morgan fingerprint density at radius 2 is 1.73 bits per heavy atom. The third kappa shape index (κ3) is 3.36. The lowest BCUT2D eigenvalue weighted by atomic mass is 10.1. The normalized spacial score (nSPS) is 10.3. The van der Waals surface area contributed by atoms with Crippen molar-refractivity contribution in [2.24, 2.45) is 7.05 Å². The highest BCUT2D eigenvalue weighted by molar-refractivity contribution is 6.03. The van der Waals surface area contributed by atoms with Crippen molar-refractivity contribution in [2.75, 3.05) is 18.4 Å². The summed E-state index contributed by atoms with van der Waals surface area (Å²) in [6, 6.07) is 10.5. The first kappa shape index (κ1) is 15.8. The molecule has 0 aliphatic heterocycles. The van der Waals surface area contributed by atoms with Gasteiger partial charge in [-0.15, -0.1) is 0 Å². The van der Waals surface area contributed by atoms with E-state index in [1.54, 1.807) is 39.8 Å². The highest BCUT2D eigenvalue weighted by Gasteiger charge is 2.13. The van der Waals surface area contributed by atoms with E-state index >= 15 is 0 Å². The van der Waals surface area contributed by atoms with E-state index in [1.165, 1.54) is 0 Å². The predicted octanol–water partition coefficient (Wildman–Crippen LogP) is 2.76. The van der Waals surface area contributed by atoms with Gasteiger partial charge >= 0.3 is 0 Å². The first-order valence-electron chi connectivity index (χ1n) is 7.38. The van der Waals surface area contributed by atoms with Gasteiger partial charge in [-0.1, -0.05) is 0 Å². The van der Waals surface area contributed by atoms with Gasteiger partial charge in [-0.3, -0.25) is 9.59 Å². The molecule has 116 valence electrons. The van der Waals surface area contributed by atoms with Gasteiger partial charge in [0.15, 0.2) is 0 Å². The molecule has 22 heavy (non-hydrogen) atoms. The first-order chi connectivity index (χ1) is 10.6. The number of hydrogen-bond donors (Lipinski definition) is 1. The largest absolute Gasteiger partial charge is 0.347 e. The highest BCUT2D eigenvalue weighted by Crippen LogP contribution is 2.13. The summed E-state index contributed by atoms with van der Waals surface area (Å²) in [5.41, 5.74) is 1.88. The Labute approximate surface area is 130 Å². The van der Waals surface area contributed by atoms with Gasteiger partial charge in [0.2, 0.25) is 0 Å². The van der Waals surface area contributed by atoms with Crippen LogP contribution < -0.4 is 5.32 Å². The molecule has 2 rings (SSSR count). The maximum absolute atomic E-state index is 12.2. The van der Waals surface area contributed by atoms with Crippen LogP contribution in [-0.2, 0) is 7.05 Å². The van der Waals surface area contributed by atoms with Crippen LogP contribution >= 0.6 is 0 Å². The lowest BCUT2D eigenvalue weighted by molar-refractivity contribution is 0.0773. The maximum Gasteiger partial charge on any atom is 0.272 e. The minimum atomic E-state index is -0.171. The fraction of sp³-hybridized carbons (Fsp3) is 0.294. The number of nitrogens with zero attached hydrogens (tertiary/aromatic N) is 2. The Hall–Kier alpha value is -2.56. The number of amides is 2. The van der Waals surface area contributed by atoms with Crippen molar-refractivity contribution >= 4 is 17.5 Å². The van der Waals surface area contributed by atoms with E-state index in [2.05, 4.69) is 5.32 Å². The molecule has 5 nitrogen and oxygen atoms in total. The molecule has 0 aliphatic carbocycles. The Bertz CT molecular complexity index is 655. The van der Waals surface area contributed by atoms with Crippen LogP contribution in [0.3, 0.4) is 0 Å². The minimum Gasteiger partial charge on any atom is -0.347 e. The van der Waals surface area contributed by atoms with Crippen LogP contribution in [0.25, 0.3) is 0 Å². The molecule has 1 aromatic carbocycles. The standard InChI is InChI=1S/C17H21N3O2/c1-4-20(5-2)17(22)13-8-10-14(11-9-13)18-16(21)15-7-6-12-19(15)3/h6-12H,4-5H2,1-3H3,(H,18,21). The number of carbonyl (C=O) groups excluding carboxylic acids is 2. The minimum absolute atomic E-state index is 0.00492. The molecule has 0 spiro atoms. The van der Waals surface area contributed by atoms with Gasteiger partial charge in [0, 0.05) is 37.6 Å². The van der Waals surface area contributed by atoms with E-state index < -0.39 is 0 Å². The third-order valence-corrected chi connectivity index (χ3v) is 3.62. The van der Waals surface area contributed by atoms with Crippen LogP contribution in [0.4, 0.5) is 5.69 Å². The zero-order valence-corrected chi connectivity index (χ0v) is 13.2. The summed E-state index contributed by atoms with van der Waals surface area (Å²) in [5, 5.41) is 2.82. The molecule has 2 aromatic rings. The molecular formula is C17H21N3O2. The second kappa shape index (κ2) is 6.93. The van der Waals surface area contributed by atoms with Gasteiger partial charge < -0.3 is 14.8 Å². The lowest BCUT2D eigenvalue weighted by Gasteiger charge is -2.18. The Morgan fingerprint density at radius 3 is 2.23 bits per heavy atom. The summed E-state index contributed by atoms with van der Waals surface area (Å²) in [6.45, 7) is 5.27. The van der Waals surface area contributed by atoms with Crippen molar-refractivity contribution in [1.29, 1.82) is 0 Å². The Kier molecular flexibility index (Phi) is 4.99. The number of carbonyl (C=O) groups is 2. The van der Waals surface area contributed by atoms with E-state index in [1.807, 2.05) is 33.2 Å². The molecule has 2 amide bonds. The van der Waals surface area contributed by atoms with Crippen molar-refractivity contribution in [2.45, 2.75) is 13.8 Å². The topological polar surface area (TPSA) is 54.3 Å². The predicted molar refractivity (Wildman–Crippen MR) is 87.1 cm³/mol. The molecule has 0 unspecified atom stereocenters. The monoisotopic (exact) mass is 299 g/mol. The molecule has 0 aliphatic rings. The fourth-order valence-electron chi connectivity index (χ4n) is 2.28. The zero-order valence-electron chi connectivity index (χ0n) is 13.2. The highest BCUT2D eigenvalue weighted by atomic mass is 16.2. The molecule has 0 saturated heterocycles. The molecule has 0 fully saturated rings. The Balaban J connectivity index is 2.08. The Morgan fingerprint density at radius 1 is 1.09 bits per heavy atom. The van der Waals surface area contributed by atoms with Crippen LogP contribution in [0.5, 0.6) is 0 Å². The molecule has 1 heterocycles. The number of hydrogen-bond acceptors (Lipinski definition) is 2. The van der Waals surface area contributed by atoms with Crippen LogP contribution in [0.2, 0.25) is 0 Å². The number of nitrogens with one attached hydrogen (secondary N) is 1. The van der Waals surface area contributed by atoms with Crippen LogP contribution in [0.1, 0.15) is 34.7 Å². The number of benzene rings is 1. The molecular weight excluding hydrogens is 278 g/mol. The van der Waals surface area contributed by atoms with Crippen molar-refractivity contribution in [3.8, 4) is 0 Å². The number of aromatic nitrogens is 1. The number of aryl methyl sites for hydroxylation is 1. The quantitative estimate of drug-likeness (QED) is 0.923. The van der Waals surface area contributed by atoms with E-state index in [0.717, 1.165) is 0 Å². The molecule has 0 saturated carbocycles. The molecule has 0 atom stereocenters. The average molecular weight is 299 g/mol. The molecule has 5 heteroatoms. The van der Waals surface area contributed by atoms with Crippen molar-refractivity contribution < 1.29 is 9.59 Å². The first-order valence-corrected chi connectivity index (χ1v) is 7.38. The van der Waals surface area contributed by atoms with E-state index in [-0.39, 0.29) is 11.8 Å². The van der Waals surface area contributed by atoms with Gasteiger partial charge in [0.25, 0.3) is 11.8 Å². The van der Waals surface area contributed by atoms with E-state index in [9.17, 15) is 9.59 Å². The lowest BCUT2D eigenvalue weighted by Crippen LogP contribution is -2.30. The average Bonchev–Trinajstić information content (AvgIpc) is 2.95. The van der Waals surface area contributed by atoms with Crippen LogP contribution in [0.15, 0.2) is 42.6 Å². The van der Waals surface area contributed by atoms with Gasteiger partial charge in [-0.2, -0.15) is 0 Å². The van der Waals surface area contributed by atoms with E-state index in [4.69, 9.17) is 0 Å². The van der Waals surface area contributed by atoms with Crippen molar-refractivity contribution in [3.63, 3.8) is 0 Å². The summed E-state index contributed by atoms with van der Waals surface area (Å²) < 4.78 is 1.76. The third-order valence-electron chi connectivity index (χ3n) is 3.62. The number of anilines is 1. The summed E-state index contributed by atoms with van der Waals surface area (Å²) in [5.74, 6) is -0.166. The molecule has 1 aromatic heterocycles. The SMILES string of the molecule is CCN(CC)C(=O)c1ccc(NC(=O)c2cccn2C)cc1. The summed E-state index contributed by atoms with van der Waals surface area (Å²) in [6.07, 6.45) is 1.82. The van der Waals surface area contributed by atoms with Crippen molar-refractivity contribution in [1.82, 2.24) is 9.47 Å². The number of rotatable bonds is 5. The second-order valence-corrected chi connectivity index (χ2v) is 5.01. The van der Waals surface area contributed by atoms with Crippen molar-refractivity contribution in [3.05, 3.63) is 53.9 Å². The molecule has 1 N–H and O–H groups in total. The fourth-order valence-corrected chi connectivity index (χ4v) is 2.28. The zero-order chi connectivity index (χ0) is 16.1. The molecule has 0 radical (unpaired) electrons. The summed E-state index contributed by atoms with van der Waals surface area (Å²) in [4.78, 5) is 26.1. The van der Waals surface area contributed by atoms with Gasteiger partial charge in [-0.25, -0.2) is 0 Å². The smallest absolute Gasteiger partial charge is 0.272 e. The van der Waals surface area contributed by atoms with E-state index in [0.29, 0.717) is 30.0 Å². The van der Waals surface area contributed by atoms with Gasteiger partial charge in [0.05, 0.1) is 0 Å². The van der Waals surface area contributed by atoms with Gasteiger partial charge in [0.1, 0.15) is 5.69 Å². The summed E-state index contributed by atoms with van der Waals surface area (Å²) in [7, 11) is 1.82. The molecule has 0 bridgehead atoms. The second-order valence-electron chi connectivity index (χ2n) is 5.01. The maximum atomic E-state index is 12.2. The van der Waals surface area contributed by atoms with Crippen LogP contribution in [-0.4, -0.2) is 34.4 Å².